The van der Waals surface area contributed by atoms with Crippen LogP contribution in [-0.2, 0) is 21.4 Å². The minimum absolute atomic E-state index is 0.103. The van der Waals surface area contributed by atoms with Gasteiger partial charge in [0.1, 0.15) is 0 Å². The number of hydrogen-bond acceptors (Lipinski definition) is 2. The zero-order chi connectivity index (χ0) is 14.0. The van der Waals surface area contributed by atoms with Crippen LogP contribution in [0.4, 0.5) is 0 Å². The molecule has 3 nitrogen and oxygen atoms in total. The lowest BCUT2D eigenvalue weighted by atomic mass is 9.66. The Morgan fingerprint density at radius 1 is 1.30 bits per heavy atom. The molecule has 1 aromatic rings. The fourth-order valence-electron chi connectivity index (χ4n) is 3.80. The Morgan fingerprint density at radius 2 is 2.15 bits per heavy atom. The van der Waals surface area contributed by atoms with Gasteiger partial charge in [-0.15, -0.1) is 0 Å². The summed E-state index contributed by atoms with van der Waals surface area (Å²) in [4.78, 5) is 12.1. The van der Waals surface area contributed by atoms with Crippen molar-refractivity contribution in [3.63, 3.8) is 0 Å². The van der Waals surface area contributed by atoms with Crippen molar-refractivity contribution in [2.24, 2.45) is 0 Å². The first-order chi connectivity index (χ1) is 9.72. The number of rotatable bonds is 3. The smallest absolute Gasteiger partial charge is 0.314 e. The van der Waals surface area contributed by atoms with Crippen molar-refractivity contribution in [3.05, 3.63) is 35.4 Å². The Hall–Kier alpha value is -1.35. The van der Waals surface area contributed by atoms with Crippen molar-refractivity contribution in [3.8, 4) is 0 Å². The van der Waals surface area contributed by atoms with Crippen molar-refractivity contribution in [1.82, 2.24) is 0 Å². The Balaban J connectivity index is 1.94. The lowest BCUT2D eigenvalue weighted by Crippen LogP contribution is -2.43. The van der Waals surface area contributed by atoms with Gasteiger partial charge in [-0.25, -0.2) is 0 Å². The van der Waals surface area contributed by atoms with Gasteiger partial charge >= 0.3 is 5.97 Å². The van der Waals surface area contributed by atoms with E-state index in [0.29, 0.717) is 6.42 Å². The van der Waals surface area contributed by atoms with Crippen molar-refractivity contribution < 1.29 is 14.6 Å². The number of carboxylic acids is 1. The topological polar surface area (TPSA) is 46.5 Å². The summed E-state index contributed by atoms with van der Waals surface area (Å²) >= 11 is 0. The molecule has 0 bridgehead atoms. The number of hydrogen-bond donors (Lipinski definition) is 1. The third kappa shape index (κ3) is 2.35. The summed E-state index contributed by atoms with van der Waals surface area (Å²) in [6, 6.07) is 8.05. The van der Waals surface area contributed by atoms with Gasteiger partial charge in [-0.3, -0.25) is 4.79 Å². The van der Waals surface area contributed by atoms with Crippen molar-refractivity contribution >= 4 is 5.97 Å². The summed E-state index contributed by atoms with van der Waals surface area (Å²) in [5, 5.41) is 9.91. The average Bonchev–Trinajstić information content (AvgIpc) is 2.48. The van der Waals surface area contributed by atoms with Crippen LogP contribution in [-0.4, -0.2) is 23.8 Å². The van der Waals surface area contributed by atoms with Crippen molar-refractivity contribution in [2.45, 2.75) is 56.5 Å². The molecular formula is C17H22O3. The van der Waals surface area contributed by atoms with Crippen LogP contribution in [0.1, 0.15) is 49.7 Å². The standard InChI is InChI=1S/C17H22O3/c18-16(19)17(12-14-8-3-4-11-20-14)10-5-7-13-6-1-2-9-15(13)17/h1-2,6,9,14H,3-5,7-8,10-12H2,(H,18,19). The van der Waals surface area contributed by atoms with E-state index in [1.54, 1.807) is 0 Å². The first-order valence-corrected chi connectivity index (χ1v) is 7.66. The van der Waals surface area contributed by atoms with E-state index < -0.39 is 11.4 Å². The van der Waals surface area contributed by atoms with E-state index >= 15 is 0 Å². The molecule has 2 aliphatic rings. The number of benzene rings is 1. The van der Waals surface area contributed by atoms with Gasteiger partial charge in [0.15, 0.2) is 0 Å². The summed E-state index contributed by atoms with van der Waals surface area (Å²) in [5.74, 6) is -0.682. The fraction of sp³-hybridized carbons (Fsp3) is 0.588. The summed E-state index contributed by atoms with van der Waals surface area (Å²) in [6.07, 6.45) is 6.67. The molecule has 2 unspecified atom stereocenters. The molecule has 1 N–H and O–H groups in total. The second kappa shape index (κ2) is 5.57. The number of fused-ring (bicyclic) bond motifs is 1. The van der Waals surface area contributed by atoms with Crippen molar-refractivity contribution in [1.29, 1.82) is 0 Å². The van der Waals surface area contributed by atoms with Gasteiger partial charge in [-0.2, -0.15) is 0 Å². The molecular weight excluding hydrogens is 252 g/mol. The molecule has 1 heterocycles. The van der Waals surface area contributed by atoms with Crippen LogP contribution >= 0.6 is 0 Å². The van der Waals surface area contributed by atoms with Gasteiger partial charge in [0.05, 0.1) is 11.5 Å². The van der Waals surface area contributed by atoms with Crippen LogP contribution in [0.15, 0.2) is 24.3 Å². The molecule has 108 valence electrons. The van der Waals surface area contributed by atoms with Crippen LogP contribution in [0.3, 0.4) is 0 Å². The third-order valence-corrected chi connectivity index (χ3v) is 4.84. The molecule has 2 atom stereocenters. The highest BCUT2D eigenvalue weighted by atomic mass is 16.5. The third-order valence-electron chi connectivity index (χ3n) is 4.84. The zero-order valence-corrected chi connectivity index (χ0v) is 11.8. The maximum absolute atomic E-state index is 12.1. The lowest BCUT2D eigenvalue weighted by Gasteiger charge is -2.38. The van der Waals surface area contributed by atoms with E-state index in [2.05, 4.69) is 6.07 Å². The Bertz CT molecular complexity index is 491. The van der Waals surface area contributed by atoms with Gasteiger partial charge in [0.25, 0.3) is 0 Å². The van der Waals surface area contributed by atoms with E-state index in [1.165, 1.54) is 5.56 Å². The molecule has 1 aromatic carbocycles. The van der Waals surface area contributed by atoms with E-state index in [9.17, 15) is 9.90 Å². The monoisotopic (exact) mass is 274 g/mol. The molecule has 3 rings (SSSR count). The Labute approximate surface area is 120 Å². The first-order valence-electron chi connectivity index (χ1n) is 7.66. The van der Waals surface area contributed by atoms with Gasteiger partial charge in [-0.05, 0) is 56.1 Å². The molecule has 20 heavy (non-hydrogen) atoms. The predicted molar refractivity (Wildman–Crippen MR) is 76.9 cm³/mol. The molecule has 0 saturated carbocycles. The molecule has 0 radical (unpaired) electrons. The minimum atomic E-state index is -0.739. The quantitative estimate of drug-likeness (QED) is 0.920. The largest absolute Gasteiger partial charge is 0.481 e. The van der Waals surface area contributed by atoms with Gasteiger partial charge < -0.3 is 9.84 Å². The minimum Gasteiger partial charge on any atom is -0.481 e. The van der Waals surface area contributed by atoms with Crippen LogP contribution in [0.25, 0.3) is 0 Å². The molecule has 1 saturated heterocycles. The highest BCUT2D eigenvalue weighted by Gasteiger charge is 2.45. The van der Waals surface area contributed by atoms with Crippen LogP contribution in [0.2, 0.25) is 0 Å². The van der Waals surface area contributed by atoms with Gasteiger partial charge in [0.2, 0.25) is 0 Å². The Kier molecular flexibility index (Phi) is 3.79. The van der Waals surface area contributed by atoms with Crippen molar-refractivity contribution in [2.75, 3.05) is 6.61 Å². The number of carbonyl (C=O) groups is 1. The van der Waals surface area contributed by atoms with Crippen LogP contribution < -0.4 is 0 Å². The lowest BCUT2D eigenvalue weighted by molar-refractivity contribution is -0.147. The molecule has 0 spiro atoms. The van der Waals surface area contributed by atoms with Gasteiger partial charge in [-0.1, -0.05) is 24.3 Å². The normalized spacial score (nSPS) is 29.7. The van der Waals surface area contributed by atoms with E-state index in [0.717, 1.165) is 50.7 Å². The average molecular weight is 274 g/mol. The summed E-state index contributed by atoms with van der Waals surface area (Å²) in [7, 11) is 0. The second-order valence-electron chi connectivity index (χ2n) is 6.09. The molecule has 1 aliphatic heterocycles. The SMILES string of the molecule is O=C(O)C1(CC2CCCCO2)CCCc2ccccc21. The van der Waals surface area contributed by atoms with E-state index in [1.807, 2.05) is 18.2 Å². The molecule has 0 amide bonds. The zero-order valence-electron chi connectivity index (χ0n) is 11.8. The maximum Gasteiger partial charge on any atom is 0.314 e. The number of aryl methyl sites for hydroxylation is 1. The Morgan fingerprint density at radius 3 is 2.90 bits per heavy atom. The highest BCUT2D eigenvalue weighted by molar-refractivity contribution is 5.82. The highest BCUT2D eigenvalue weighted by Crippen LogP contribution is 2.42. The molecule has 0 aromatic heterocycles. The van der Waals surface area contributed by atoms with Gasteiger partial charge in [0, 0.05) is 6.61 Å². The number of ether oxygens (including phenoxy) is 1. The predicted octanol–water partition coefficient (Wildman–Crippen LogP) is 3.30. The number of carboxylic acid groups (broad SMARTS) is 1. The van der Waals surface area contributed by atoms with E-state index in [-0.39, 0.29) is 6.10 Å². The summed E-state index contributed by atoms with van der Waals surface area (Å²) < 4.78 is 5.81. The summed E-state index contributed by atoms with van der Waals surface area (Å²) in [6.45, 7) is 0.780. The van der Waals surface area contributed by atoms with Crippen LogP contribution in [0.5, 0.6) is 0 Å². The first kappa shape index (κ1) is 13.6. The fourth-order valence-corrected chi connectivity index (χ4v) is 3.80. The molecule has 1 fully saturated rings. The summed E-state index contributed by atoms with van der Waals surface area (Å²) in [5.41, 5.74) is 1.49. The van der Waals surface area contributed by atoms with E-state index in [4.69, 9.17) is 4.74 Å². The second-order valence-corrected chi connectivity index (χ2v) is 6.09. The number of aliphatic carboxylic acids is 1. The molecule has 1 aliphatic carbocycles. The molecule has 3 heteroatoms. The van der Waals surface area contributed by atoms with Crippen LogP contribution in [0, 0.1) is 0 Å². The maximum atomic E-state index is 12.1.